The van der Waals surface area contributed by atoms with E-state index >= 15 is 0 Å². The fourth-order valence-electron chi connectivity index (χ4n) is 6.48. The van der Waals surface area contributed by atoms with Crippen LogP contribution in [-0.2, 0) is 0 Å². The molecule has 3 heteroatoms. The molecule has 202 valence electrons. The number of fused-ring (bicyclic) bond motifs is 7. The number of hydrogen-bond acceptors (Lipinski definition) is 3. The summed E-state index contributed by atoms with van der Waals surface area (Å²) in [5.41, 5.74) is 8.65. The molecule has 7 aromatic carbocycles. The minimum Gasteiger partial charge on any atom is -0.454 e. The molecule has 0 amide bonds. The minimum atomic E-state index is 0.837. The summed E-state index contributed by atoms with van der Waals surface area (Å²) in [6.07, 6.45) is 0. The van der Waals surface area contributed by atoms with E-state index in [1.807, 2.05) is 24.3 Å². The lowest BCUT2D eigenvalue weighted by molar-refractivity contribution is 0.666. The number of hydrogen-bond donors (Lipinski definition) is 0. The highest BCUT2D eigenvalue weighted by molar-refractivity contribution is 6.18. The van der Waals surface area contributed by atoms with Crippen LogP contribution < -0.4 is 4.90 Å². The standard InChI is InChI=1S/C40H25NO2/c1-2-12-27(13-3-1)30-23-24-35(40-38(30)33-16-7-9-20-37(33)43-40)41(29-22-21-26-11-4-5-14-28(26)25-29)34-18-10-17-32-31-15-6-8-19-36(31)42-39(32)34/h1-25H. The second-order valence-electron chi connectivity index (χ2n) is 10.9. The molecule has 0 unspecified atom stereocenters. The van der Waals surface area contributed by atoms with Gasteiger partial charge in [-0.3, -0.25) is 0 Å². The van der Waals surface area contributed by atoms with Crippen LogP contribution in [-0.4, -0.2) is 0 Å². The van der Waals surface area contributed by atoms with Gasteiger partial charge in [-0.15, -0.1) is 0 Å². The SMILES string of the molecule is c1ccc(-c2ccc(N(c3ccc4ccccc4c3)c3cccc4c3oc3ccccc34)c3oc4ccccc4c23)cc1. The maximum atomic E-state index is 6.76. The van der Waals surface area contributed by atoms with Crippen LogP contribution in [0.15, 0.2) is 160 Å². The van der Waals surface area contributed by atoms with E-state index in [0.29, 0.717) is 0 Å². The van der Waals surface area contributed by atoms with Crippen molar-refractivity contribution in [3.8, 4) is 11.1 Å². The second kappa shape index (κ2) is 9.37. The highest BCUT2D eigenvalue weighted by atomic mass is 16.3. The summed E-state index contributed by atoms with van der Waals surface area (Å²) in [5.74, 6) is 0. The van der Waals surface area contributed by atoms with E-state index in [1.54, 1.807) is 0 Å². The number of anilines is 3. The maximum absolute atomic E-state index is 6.76. The van der Waals surface area contributed by atoms with Crippen molar-refractivity contribution in [2.24, 2.45) is 0 Å². The van der Waals surface area contributed by atoms with Gasteiger partial charge in [0, 0.05) is 27.2 Å². The molecule has 0 bridgehead atoms. The average molecular weight is 552 g/mol. The summed E-state index contributed by atoms with van der Waals surface area (Å²) in [7, 11) is 0. The molecular formula is C40H25NO2. The summed E-state index contributed by atoms with van der Waals surface area (Å²) in [4.78, 5) is 2.29. The zero-order chi connectivity index (χ0) is 28.3. The van der Waals surface area contributed by atoms with Crippen LogP contribution >= 0.6 is 0 Å². The van der Waals surface area contributed by atoms with Gasteiger partial charge >= 0.3 is 0 Å². The van der Waals surface area contributed by atoms with Crippen LogP contribution in [0.25, 0.3) is 65.8 Å². The molecule has 9 rings (SSSR count). The fraction of sp³-hybridized carbons (Fsp3) is 0. The van der Waals surface area contributed by atoms with Crippen LogP contribution in [0, 0.1) is 0 Å². The largest absolute Gasteiger partial charge is 0.454 e. The van der Waals surface area contributed by atoms with Crippen LogP contribution in [0.2, 0.25) is 0 Å². The summed E-state index contributed by atoms with van der Waals surface area (Å²) >= 11 is 0. The molecular weight excluding hydrogens is 526 g/mol. The lowest BCUT2D eigenvalue weighted by atomic mass is 9.98. The molecule has 43 heavy (non-hydrogen) atoms. The van der Waals surface area contributed by atoms with Gasteiger partial charge in [0.05, 0.1) is 11.4 Å². The molecule has 0 aliphatic rings. The van der Waals surface area contributed by atoms with E-state index in [9.17, 15) is 0 Å². The third-order valence-corrected chi connectivity index (χ3v) is 8.45. The van der Waals surface area contributed by atoms with E-state index in [-0.39, 0.29) is 0 Å². The topological polar surface area (TPSA) is 29.5 Å². The molecule has 0 N–H and O–H groups in total. The van der Waals surface area contributed by atoms with Crippen molar-refractivity contribution in [3.05, 3.63) is 152 Å². The van der Waals surface area contributed by atoms with Gasteiger partial charge in [0.25, 0.3) is 0 Å². The van der Waals surface area contributed by atoms with Crippen molar-refractivity contribution in [3.63, 3.8) is 0 Å². The number of nitrogens with zero attached hydrogens (tertiary/aromatic N) is 1. The second-order valence-corrected chi connectivity index (χ2v) is 10.9. The smallest absolute Gasteiger partial charge is 0.160 e. The molecule has 2 aromatic heterocycles. The zero-order valence-corrected chi connectivity index (χ0v) is 23.2. The Morgan fingerprint density at radius 2 is 1.07 bits per heavy atom. The molecule has 0 atom stereocenters. The third kappa shape index (κ3) is 3.68. The first-order chi connectivity index (χ1) is 21.3. The first-order valence-corrected chi connectivity index (χ1v) is 14.5. The van der Waals surface area contributed by atoms with Crippen molar-refractivity contribution in [2.45, 2.75) is 0 Å². The number of furan rings is 2. The van der Waals surface area contributed by atoms with Gasteiger partial charge in [-0.2, -0.15) is 0 Å². The van der Waals surface area contributed by atoms with E-state index in [2.05, 4.69) is 132 Å². The molecule has 0 radical (unpaired) electrons. The normalized spacial score (nSPS) is 11.7. The van der Waals surface area contributed by atoms with E-state index in [1.165, 1.54) is 10.8 Å². The summed E-state index contributed by atoms with van der Waals surface area (Å²) in [5, 5.41) is 6.75. The molecule has 0 saturated carbocycles. The van der Waals surface area contributed by atoms with Gasteiger partial charge in [0.1, 0.15) is 11.2 Å². The van der Waals surface area contributed by atoms with Crippen LogP contribution in [0.4, 0.5) is 17.1 Å². The highest BCUT2D eigenvalue weighted by Gasteiger charge is 2.25. The van der Waals surface area contributed by atoms with Crippen LogP contribution in [0.5, 0.6) is 0 Å². The van der Waals surface area contributed by atoms with E-state index < -0.39 is 0 Å². The number of para-hydroxylation sites is 3. The Hall–Kier alpha value is -5.80. The number of rotatable bonds is 4. The molecule has 9 aromatic rings. The zero-order valence-electron chi connectivity index (χ0n) is 23.2. The number of benzene rings is 7. The van der Waals surface area contributed by atoms with Crippen molar-refractivity contribution in [1.82, 2.24) is 0 Å². The molecule has 0 spiro atoms. The molecule has 2 heterocycles. The van der Waals surface area contributed by atoms with Crippen LogP contribution in [0.3, 0.4) is 0 Å². The van der Waals surface area contributed by atoms with Gasteiger partial charge in [-0.25, -0.2) is 0 Å². The predicted octanol–water partition coefficient (Wildman–Crippen LogP) is 11.8. The Morgan fingerprint density at radius 3 is 1.93 bits per heavy atom. The predicted molar refractivity (Wildman–Crippen MR) is 179 cm³/mol. The highest BCUT2D eigenvalue weighted by Crippen LogP contribution is 2.48. The van der Waals surface area contributed by atoms with Crippen molar-refractivity contribution >= 4 is 71.7 Å². The van der Waals surface area contributed by atoms with Gasteiger partial charge < -0.3 is 13.7 Å². The van der Waals surface area contributed by atoms with Crippen molar-refractivity contribution in [1.29, 1.82) is 0 Å². The first kappa shape index (κ1) is 23.9. The quantitative estimate of drug-likeness (QED) is 0.218. The lowest BCUT2D eigenvalue weighted by Crippen LogP contribution is -2.10. The van der Waals surface area contributed by atoms with Gasteiger partial charge in [-0.1, -0.05) is 115 Å². The van der Waals surface area contributed by atoms with E-state index in [0.717, 1.165) is 72.1 Å². The molecule has 0 saturated heterocycles. The molecule has 0 aliphatic carbocycles. The fourth-order valence-corrected chi connectivity index (χ4v) is 6.48. The lowest BCUT2D eigenvalue weighted by Gasteiger charge is -2.26. The monoisotopic (exact) mass is 551 g/mol. The Kier molecular flexibility index (Phi) is 5.20. The van der Waals surface area contributed by atoms with E-state index in [4.69, 9.17) is 8.83 Å². The molecule has 0 fully saturated rings. The molecule has 3 nitrogen and oxygen atoms in total. The Bertz CT molecular complexity index is 2470. The van der Waals surface area contributed by atoms with Gasteiger partial charge in [0.2, 0.25) is 0 Å². The van der Waals surface area contributed by atoms with Gasteiger partial charge in [-0.05, 0) is 58.3 Å². The summed E-state index contributed by atoms with van der Waals surface area (Å²) in [6.45, 7) is 0. The molecule has 0 aliphatic heterocycles. The average Bonchev–Trinajstić information content (AvgIpc) is 3.65. The van der Waals surface area contributed by atoms with Crippen molar-refractivity contribution in [2.75, 3.05) is 4.90 Å². The third-order valence-electron chi connectivity index (χ3n) is 8.45. The van der Waals surface area contributed by atoms with Crippen molar-refractivity contribution < 1.29 is 8.83 Å². The maximum Gasteiger partial charge on any atom is 0.160 e. The first-order valence-electron chi connectivity index (χ1n) is 14.5. The minimum absolute atomic E-state index is 0.837. The summed E-state index contributed by atoms with van der Waals surface area (Å²) < 4.78 is 13.3. The van der Waals surface area contributed by atoms with Gasteiger partial charge in [0.15, 0.2) is 11.2 Å². The Labute approximate surface area is 247 Å². The Morgan fingerprint density at radius 1 is 0.419 bits per heavy atom. The van der Waals surface area contributed by atoms with Crippen LogP contribution in [0.1, 0.15) is 0 Å². The summed E-state index contributed by atoms with van der Waals surface area (Å²) in [6, 6.07) is 53.0. The Balaban J connectivity index is 1.40.